The fraction of sp³-hybridized carbons (Fsp3) is 0.647. The zero-order chi connectivity index (χ0) is 19.5. The average molecular weight is 374 g/mol. The number of aliphatic hydroxyl groups excluding tert-OH is 5. The van der Waals surface area contributed by atoms with Gasteiger partial charge in [-0.1, -0.05) is 6.07 Å². The number of aliphatic hydroxyl groups is 5. The van der Waals surface area contributed by atoms with Gasteiger partial charge in [0.1, 0.15) is 18.3 Å². The van der Waals surface area contributed by atoms with Crippen LogP contribution < -0.4 is 20.1 Å². The molecule has 2 rings (SSSR count). The van der Waals surface area contributed by atoms with E-state index in [1.807, 2.05) is 19.2 Å². The van der Waals surface area contributed by atoms with Crippen LogP contribution in [0.3, 0.4) is 0 Å². The van der Waals surface area contributed by atoms with E-state index in [4.69, 9.17) is 29.9 Å². The first-order chi connectivity index (χ1) is 12.4. The molecular weight excluding hydrogens is 344 g/mol. The third-order valence-electron chi connectivity index (χ3n) is 3.84. The van der Waals surface area contributed by atoms with E-state index < -0.39 is 31.0 Å². The van der Waals surface area contributed by atoms with Crippen LogP contribution in [0.4, 0.5) is 0 Å². The first-order valence-corrected chi connectivity index (χ1v) is 8.45. The van der Waals surface area contributed by atoms with Crippen molar-refractivity contribution in [1.82, 2.24) is 10.6 Å². The lowest BCUT2D eigenvalue weighted by Gasteiger charge is -2.25. The Bertz CT molecular complexity index is 518. The van der Waals surface area contributed by atoms with Crippen molar-refractivity contribution >= 4 is 0 Å². The zero-order valence-electron chi connectivity index (χ0n) is 15.1. The van der Waals surface area contributed by atoms with Crippen molar-refractivity contribution in [3.8, 4) is 11.5 Å². The van der Waals surface area contributed by atoms with Crippen LogP contribution in [0, 0.1) is 0 Å². The second-order valence-electron chi connectivity index (χ2n) is 5.90. The number of ether oxygens (including phenoxy) is 2. The van der Waals surface area contributed by atoms with Crippen molar-refractivity contribution in [3.63, 3.8) is 0 Å². The molecule has 9 heteroatoms. The minimum Gasteiger partial charge on any atom is -0.454 e. The van der Waals surface area contributed by atoms with Crippen molar-refractivity contribution < 1.29 is 35.0 Å². The quantitative estimate of drug-likeness (QED) is 0.257. The van der Waals surface area contributed by atoms with Crippen LogP contribution in [0.5, 0.6) is 11.5 Å². The molecule has 0 radical (unpaired) electrons. The normalized spacial score (nSPS) is 17.0. The summed E-state index contributed by atoms with van der Waals surface area (Å²) in [5, 5.41) is 50.6. The van der Waals surface area contributed by atoms with E-state index in [0.29, 0.717) is 6.79 Å². The number of hydrogen-bond donors (Lipinski definition) is 7. The van der Waals surface area contributed by atoms with Crippen LogP contribution >= 0.6 is 0 Å². The smallest absolute Gasteiger partial charge is 0.231 e. The molecule has 0 aromatic heterocycles. The molecule has 1 heterocycles. The molecule has 1 aliphatic rings. The molecule has 9 nitrogen and oxygen atoms in total. The average Bonchev–Trinajstić information content (AvgIpc) is 3.13. The van der Waals surface area contributed by atoms with Crippen LogP contribution in [-0.2, 0) is 6.42 Å². The zero-order valence-corrected chi connectivity index (χ0v) is 15.1. The summed E-state index contributed by atoms with van der Waals surface area (Å²) < 4.78 is 10.5. The standard InChI is InChI=1S/C10H13NO2.C7H17NO5/c1-11-5-4-8-2-3-9-10(6-8)13-7-12-9;1-8-2-4(10)6(12)7(13)5(11)3-9/h2-3,6,11H,4-5,7H2,1H3;4-13H,2-3H2,1H3/t;4-,5+,6+,7+/m.0/s1. The van der Waals surface area contributed by atoms with Gasteiger partial charge in [-0.25, -0.2) is 0 Å². The first kappa shape index (κ1) is 22.6. The summed E-state index contributed by atoms with van der Waals surface area (Å²) in [6.07, 6.45) is -4.63. The molecule has 1 aromatic rings. The molecular formula is C17H30N2O7. The first-order valence-electron chi connectivity index (χ1n) is 8.45. The summed E-state index contributed by atoms with van der Waals surface area (Å²) in [5.41, 5.74) is 1.28. The molecule has 0 fully saturated rings. The van der Waals surface area contributed by atoms with E-state index in [2.05, 4.69) is 16.7 Å². The predicted molar refractivity (Wildman–Crippen MR) is 95.2 cm³/mol. The number of nitrogens with one attached hydrogen (secondary N) is 2. The van der Waals surface area contributed by atoms with Crippen LogP contribution in [0.2, 0.25) is 0 Å². The highest BCUT2D eigenvalue weighted by Crippen LogP contribution is 2.32. The van der Waals surface area contributed by atoms with Gasteiger partial charge in [-0.2, -0.15) is 0 Å². The molecule has 7 N–H and O–H groups in total. The van der Waals surface area contributed by atoms with Crippen molar-refractivity contribution in [3.05, 3.63) is 23.8 Å². The lowest BCUT2D eigenvalue weighted by Crippen LogP contribution is -2.48. The monoisotopic (exact) mass is 374 g/mol. The van der Waals surface area contributed by atoms with Gasteiger partial charge in [-0.15, -0.1) is 0 Å². The predicted octanol–water partition coefficient (Wildman–Crippen LogP) is -2.18. The molecule has 0 bridgehead atoms. The Labute approximate surface area is 153 Å². The van der Waals surface area contributed by atoms with Gasteiger partial charge >= 0.3 is 0 Å². The third kappa shape index (κ3) is 7.04. The van der Waals surface area contributed by atoms with E-state index in [1.165, 1.54) is 5.56 Å². The Morgan fingerprint density at radius 1 is 0.962 bits per heavy atom. The van der Waals surface area contributed by atoms with Gasteiger partial charge in [0.15, 0.2) is 11.5 Å². The Balaban J connectivity index is 0.000000260. The van der Waals surface area contributed by atoms with Crippen molar-refractivity contribution in [2.24, 2.45) is 0 Å². The van der Waals surface area contributed by atoms with Crippen LogP contribution in [0.25, 0.3) is 0 Å². The summed E-state index contributed by atoms with van der Waals surface area (Å²) in [4.78, 5) is 0. The summed E-state index contributed by atoms with van der Waals surface area (Å²) in [6.45, 7) is 0.769. The van der Waals surface area contributed by atoms with Crippen molar-refractivity contribution in [2.45, 2.75) is 30.8 Å². The molecule has 0 saturated carbocycles. The van der Waals surface area contributed by atoms with Gasteiger partial charge in [-0.05, 0) is 44.8 Å². The Morgan fingerprint density at radius 3 is 2.23 bits per heavy atom. The van der Waals surface area contributed by atoms with E-state index in [0.717, 1.165) is 24.5 Å². The van der Waals surface area contributed by atoms with E-state index in [9.17, 15) is 5.11 Å². The van der Waals surface area contributed by atoms with Gasteiger partial charge in [0.25, 0.3) is 0 Å². The Kier molecular flexibility index (Phi) is 10.4. The summed E-state index contributed by atoms with van der Waals surface area (Å²) >= 11 is 0. The molecule has 0 saturated heterocycles. The van der Waals surface area contributed by atoms with E-state index >= 15 is 0 Å². The molecule has 26 heavy (non-hydrogen) atoms. The number of rotatable bonds is 9. The maximum Gasteiger partial charge on any atom is 0.231 e. The number of likely N-dealkylation sites (N-methyl/N-ethyl adjacent to an activating group) is 2. The van der Waals surface area contributed by atoms with Gasteiger partial charge in [0, 0.05) is 6.54 Å². The topological polar surface area (TPSA) is 144 Å². The second kappa shape index (κ2) is 12.0. The van der Waals surface area contributed by atoms with Crippen LogP contribution in [0.15, 0.2) is 18.2 Å². The molecule has 4 atom stereocenters. The largest absolute Gasteiger partial charge is 0.454 e. The van der Waals surface area contributed by atoms with Gasteiger partial charge < -0.3 is 45.6 Å². The van der Waals surface area contributed by atoms with E-state index in [1.54, 1.807) is 7.05 Å². The number of benzene rings is 1. The van der Waals surface area contributed by atoms with Crippen LogP contribution in [0.1, 0.15) is 5.56 Å². The molecule has 0 amide bonds. The lowest BCUT2D eigenvalue weighted by atomic mass is 10.0. The highest BCUT2D eigenvalue weighted by atomic mass is 16.7. The molecule has 0 aliphatic carbocycles. The van der Waals surface area contributed by atoms with Gasteiger partial charge in [0.05, 0.1) is 12.7 Å². The Hall–Kier alpha value is -1.46. The SMILES string of the molecule is CNCCc1ccc2c(c1)OCO2.CNC[C@H](O)[C@@H](O)[C@H](O)[C@H](O)CO. The van der Waals surface area contributed by atoms with Crippen molar-refractivity contribution in [1.29, 1.82) is 0 Å². The third-order valence-corrected chi connectivity index (χ3v) is 3.84. The summed E-state index contributed by atoms with van der Waals surface area (Å²) in [6, 6.07) is 6.08. The molecule has 150 valence electrons. The minimum absolute atomic E-state index is 0.0936. The summed E-state index contributed by atoms with van der Waals surface area (Å²) in [7, 11) is 3.53. The summed E-state index contributed by atoms with van der Waals surface area (Å²) in [5.74, 6) is 1.72. The number of hydrogen-bond acceptors (Lipinski definition) is 9. The molecule has 0 unspecified atom stereocenters. The number of fused-ring (bicyclic) bond motifs is 1. The fourth-order valence-corrected chi connectivity index (χ4v) is 2.26. The van der Waals surface area contributed by atoms with Gasteiger partial charge in [-0.3, -0.25) is 0 Å². The second-order valence-corrected chi connectivity index (χ2v) is 5.90. The fourth-order valence-electron chi connectivity index (χ4n) is 2.26. The molecule has 1 aromatic carbocycles. The Morgan fingerprint density at radius 2 is 1.62 bits per heavy atom. The highest BCUT2D eigenvalue weighted by Gasteiger charge is 2.29. The van der Waals surface area contributed by atoms with E-state index in [-0.39, 0.29) is 6.54 Å². The maximum atomic E-state index is 9.21. The maximum absolute atomic E-state index is 9.21. The minimum atomic E-state index is -1.55. The molecule has 0 spiro atoms. The lowest BCUT2D eigenvalue weighted by molar-refractivity contribution is -0.113. The van der Waals surface area contributed by atoms with Gasteiger partial charge in [0.2, 0.25) is 6.79 Å². The molecule has 1 aliphatic heterocycles. The van der Waals surface area contributed by atoms with Crippen LogP contribution in [-0.4, -0.2) is 90.5 Å². The highest BCUT2D eigenvalue weighted by molar-refractivity contribution is 5.44. The van der Waals surface area contributed by atoms with Crippen molar-refractivity contribution in [2.75, 3.05) is 40.6 Å².